The summed E-state index contributed by atoms with van der Waals surface area (Å²) in [7, 11) is 0. The number of hydrogen-bond acceptors (Lipinski definition) is 3. The highest BCUT2D eigenvalue weighted by molar-refractivity contribution is 5.89. The van der Waals surface area contributed by atoms with Crippen LogP contribution in [0.1, 0.15) is 45.6 Å². The summed E-state index contributed by atoms with van der Waals surface area (Å²) in [5.74, 6) is 1.19. The average Bonchev–Trinajstić information content (AvgIpc) is 2.90. The molecule has 0 saturated heterocycles. The van der Waals surface area contributed by atoms with E-state index >= 15 is 0 Å². The van der Waals surface area contributed by atoms with Gasteiger partial charge in [0.15, 0.2) is 0 Å². The molecule has 4 N–H and O–H groups in total. The number of hydrogen-bond donors (Lipinski definition) is 2. The Balaban J connectivity index is 0.000000158. The quantitative estimate of drug-likeness (QED) is 0.692. The highest BCUT2D eigenvalue weighted by atomic mass is 16.1. The molecular formula is C23H30N2O. The maximum Gasteiger partial charge on any atom is 0.139 e. The van der Waals surface area contributed by atoms with Crippen LogP contribution in [-0.4, -0.2) is 5.78 Å². The second-order valence-corrected chi connectivity index (χ2v) is 8.61. The molecule has 0 amide bonds. The van der Waals surface area contributed by atoms with Crippen LogP contribution in [0.25, 0.3) is 11.1 Å². The number of ketones is 1. The van der Waals surface area contributed by atoms with Crippen LogP contribution < -0.4 is 11.5 Å². The zero-order valence-electron chi connectivity index (χ0n) is 16.3. The summed E-state index contributed by atoms with van der Waals surface area (Å²) in [5.41, 5.74) is 16.8. The summed E-state index contributed by atoms with van der Waals surface area (Å²) in [6.07, 6.45) is 3.25. The van der Waals surface area contributed by atoms with Crippen molar-refractivity contribution < 1.29 is 4.79 Å². The van der Waals surface area contributed by atoms with Crippen LogP contribution in [0.2, 0.25) is 0 Å². The Morgan fingerprint density at radius 2 is 1.58 bits per heavy atom. The molecule has 2 saturated carbocycles. The lowest BCUT2D eigenvalue weighted by atomic mass is 9.70. The third-order valence-corrected chi connectivity index (χ3v) is 6.95. The van der Waals surface area contributed by atoms with Gasteiger partial charge in [-0.25, -0.2) is 0 Å². The van der Waals surface area contributed by atoms with Gasteiger partial charge in [-0.15, -0.1) is 0 Å². The zero-order chi connectivity index (χ0) is 19.1. The Labute approximate surface area is 156 Å². The van der Waals surface area contributed by atoms with E-state index in [-0.39, 0.29) is 10.8 Å². The molecule has 0 aromatic heterocycles. The van der Waals surface area contributed by atoms with Crippen molar-refractivity contribution in [2.45, 2.75) is 47.0 Å². The molecule has 138 valence electrons. The van der Waals surface area contributed by atoms with E-state index in [1.807, 2.05) is 42.5 Å². The highest BCUT2D eigenvalue weighted by Gasteiger charge is 2.61. The highest BCUT2D eigenvalue weighted by Crippen LogP contribution is 2.63. The summed E-state index contributed by atoms with van der Waals surface area (Å²) >= 11 is 0. The van der Waals surface area contributed by atoms with Crippen LogP contribution in [-0.2, 0) is 4.79 Å². The molecule has 3 nitrogen and oxygen atoms in total. The Kier molecular flexibility index (Phi) is 4.60. The van der Waals surface area contributed by atoms with E-state index in [4.69, 9.17) is 11.5 Å². The van der Waals surface area contributed by atoms with Crippen LogP contribution >= 0.6 is 0 Å². The number of nitrogen functional groups attached to an aromatic ring is 2. The van der Waals surface area contributed by atoms with E-state index in [2.05, 4.69) is 27.7 Å². The van der Waals surface area contributed by atoms with E-state index in [0.29, 0.717) is 11.7 Å². The largest absolute Gasteiger partial charge is 0.399 e. The molecule has 2 aliphatic rings. The number of Topliss-reactive ketones (excluding diaryl/α,β-unsaturated/α-hetero) is 1. The smallest absolute Gasteiger partial charge is 0.139 e. The molecule has 4 rings (SSSR count). The Hall–Kier alpha value is -2.29. The topological polar surface area (TPSA) is 69.1 Å². The third kappa shape index (κ3) is 3.00. The van der Waals surface area contributed by atoms with Gasteiger partial charge < -0.3 is 11.5 Å². The fraction of sp³-hybridized carbons (Fsp3) is 0.435. The predicted molar refractivity (Wildman–Crippen MR) is 110 cm³/mol. The molecule has 0 aliphatic heterocycles. The number of nitrogens with two attached hydrogens (primary N) is 2. The van der Waals surface area contributed by atoms with E-state index < -0.39 is 0 Å². The minimum atomic E-state index is 0.0255. The molecule has 2 aromatic carbocycles. The molecule has 0 heterocycles. The fourth-order valence-corrected chi connectivity index (χ4v) is 4.57. The monoisotopic (exact) mass is 350 g/mol. The van der Waals surface area contributed by atoms with Crippen molar-refractivity contribution in [1.82, 2.24) is 0 Å². The summed E-state index contributed by atoms with van der Waals surface area (Å²) in [6.45, 7) is 8.73. The molecule has 2 unspecified atom stereocenters. The lowest BCUT2D eigenvalue weighted by molar-refractivity contribution is -0.128. The Morgan fingerprint density at radius 3 is 2.00 bits per heavy atom. The van der Waals surface area contributed by atoms with Crippen molar-refractivity contribution in [3.05, 3.63) is 48.0 Å². The molecule has 0 radical (unpaired) electrons. The first-order chi connectivity index (χ1) is 12.1. The minimum absolute atomic E-state index is 0.0255. The van der Waals surface area contributed by atoms with Gasteiger partial charge in [-0.1, -0.05) is 39.0 Å². The van der Waals surface area contributed by atoms with E-state index in [1.165, 1.54) is 23.1 Å². The molecule has 2 atom stereocenters. The van der Waals surface area contributed by atoms with Crippen molar-refractivity contribution in [3.8, 4) is 11.1 Å². The molecule has 2 fully saturated rings. The molecule has 2 aromatic rings. The number of benzene rings is 2. The number of carbonyl (C=O) groups is 1. The van der Waals surface area contributed by atoms with E-state index in [9.17, 15) is 4.79 Å². The van der Waals surface area contributed by atoms with Gasteiger partial charge in [-0.2, -0.15) is 0 Å². The van der Waals surface area contributed by atoms with Gasteiger partial charge in [0.2, 0.25) is 0 Å². The average molecular weight is 351 g/mol. The minimum Gasteiger partial charge on any atom is -0.399 e. The summed E-state index contributed by atoms with van der Waals surface area (Å²) < 4.78 is 0. The van der Waals surface area contributed by atoms with E-state index in [1.54, 1.807) is 0 Å². The first-order valence-electron chi connectivity index (χ1n) is 9.40. The van der Waals surface area contributed by atoms with Gasteiger partial charge in [0, 0.05) is 23.2 Å². The molecule has 0 spiro atoms. The van der Waals surface area contributed by atoms with Crippen LogP contribution in [0.3, 0.4) is 0 Å². The number of rotatable bonds is 1. The first kappa shape index (κ1) is 18.5. The number of anilines is 2. The maximum absolute atomic E-state index is 11.6. The Bertz CT molecular complexity index is 823. The van der Waals surface area contributed by atoms with Crippen LogP contribution in [0, 0.1) is 23.7 Å². The summed E-state index contributed by atoms with van der Waals surface area (Å²) in [4.78, 5) is 11.6. The predicted octanol–water partition coefficient (Wildman–Crippen LogP) is 5.23. The normalized spacial score (nSPS) is 25.7. The second kappa shape index (κ2) is 6.46. The van der Waals surface area contributed by atoms with Gasteiger partial charge in [-0.05, 0) is 72.1 Å². The van der Waals surface area contributed by atoms with Crippen LogP contribution in [0.5, 0.6) is 0 Å². The lowest BCUT2D eigenvalue weighted by Crippen LogP contribution is -2.32. The second-order valence-electron chi connectivity index (χ2n) is 8.61. The summed E-state index contributed by atoms with van der Waals surface area (Å²) in [6, 6.07) is 13.8. The lowest BCUT2D eigenvalue weighted by Gasteiger charge is -2.32. The van der Waals surface area contributed by atoms with Crippen molar-refractivity contribution in [2.75, 3.05) is 11.5 Å². The van der Waals surface area contributed by atoms with Crippen molar-refractivity contribution in [1.29, 1.82) is 0 Å². The van der Waals surface area contributed by atoms with Gasteiger partial charge in [0.05, 0.1) is 0 Å². The number of fused-ring (bicyclic) bond motifs is 2. The molecule has 2 aliphatic carbocycles. The van der Waals surface area contributed by atoms with Crippen molar-refractivity contribution >= 4 is 17.2 Å². The van der Waals surface area contributed by atoms with Crippen molar-refractivity contribution in [3.63, 3.8) is 0 Å². The fourth-order valence-electron chi connectivity index (χ4n) is 4.57. The van der Waals surface area contributed by atoms with Gasteiger partial charge >= 0.3 is 0 Å². The summed E-state index contributed by atoms with van der Waals surface area (Å²) in [5, 5.41) is 0. The first-order valence-corrected chi connectivity index (χ1v) is 9.40. The molecule has 3 heteroatoms. The molecule has 26 heavy (non-hydrogen) atoms. The van der Waals surface area contributed by atoms with Gasteiger partial charge in [-0.3, -0.25) is 4.79 Å². The van der Waals surface area contributed by atoms with Crippen molar-refractivity contribution in [2.24, 2.45) is 16.7 Å². The third-order valence-electron chi connectivity index (χ3n) is 6.95. The van der Waals surface area contributed by atoms with Gasteiger partial charge in [0.1, 0.15) is 5.78 Å². The molecular weight excluding hydrogens is 320 g/mol. The zero-order valence-corrected chi connectivity index (χ0v) is 16.3. The van der Waals surface area contributed by atoms with E-state index in [0.717, 1.165) is 24.2 Å². The Morgan fingerprint density at radius 1 is 0.962 bits per heavy atom. The van der Waals surface area contributed by atoms with Crippen LogP contribution in [0.4, 0.5) is 11.4 Å². The number of carbonyl (C=O) groups excluding carboxylic acids is 1. The standard InChI is InChI=1S/C13H14N2.C10H16O/c1-9-8-12(15)6-7-13(9)10-2-4-11(14)5-3-10;1-9(2)7-4-5-10(9,3)8(11)6-7/h2-8H,14-15H2,1H3;7H,4-6H2,1-3H3. The maximum atomic E-state index is 11.6. The van der Waals surface area contributed by atoms with Crippen LogP contribution in [0.15, 0.2) is 42.5 Å². The molecule has 2 bridgehead atoms. The number of aryl methyl sites for hydroxylation is 1. The van der Waals surface area contributed by atoms with Gasteiger partial charge in [0.25, 0.3) is 0 Å². The SMILES string of the molecule is CC12CCC(CC1=O)C2(C)C.Cc1cc(N)ccc1-c1ccc(N)cc1.